The fourth-order valence-electron chi connectivity index (χ4n) is 0. The van der Waals surface area contributed by atoms with Gasteiger partial charge in [0.15, 0.2) is 17.4 Å². The first kappa shape index (κ1) is 35.1. The summed E-state index contributed by atoms with van der Waals surface area (Å²) in [6.45, 7) is 0. The summed E-state index contributed by atoms with van der Waals surface area (Å²) in [5.41, 5.74) is 0. The number of rotatable bonds is 0. The Balaban J connectivity index is 0. The molecular formula is H7AlBaLiNaNi. The summed E-state index contributed by atoms with van der Waals surface area (Å²) in [5, 5.41) is 0. The van der Waals surface area contributed by atoms with Crippen LogP contribution < -0.4 is 48.4 Å². The van der Waals surface area contributed by atoms with Crippen LogP contribution >= 0.6 is 0 Å². The summed E-state index contributed by atoms with van der Waals surface area (Å²) < 4.78 is 0. The first-order valence-corrected chi connectivity index (χ1v) is 0. The smallest absolute Gasteiger partial charge is 1.00 e. The number of hydrogen-bond acceptors (Lipinski definition) is 0. The first-order chi connectivity index (χ1) is 0. The average molecular weight is 260 g/mol. The molecule has 5 heavy (non-hydrogen) atoms. The Kier molecular flexibility index (Phi) is 169. The minimum Gasteiger partial charge on any atom is -1.00 e. The predicted octanol–water partition coefficient (Wildman–Crippen LogP) is -7.11. The van der Waals surface area contributed by atoms with Gasteiger partial charge < -0.3 is 5.71 Å². The molecule has 0 aliphatic heterocycles. The Morgan fingerprint density at radius 3 is 1.20 bits per heavy atom. The maximum absolute atomic E-state index is 0. The van der Waals surface area contributed by atoms with Crippen molar-refractivity contribution in [2.75, 3.05) is 0 Å². The molecule has 0 saturated heterocycles. The molecule has 0 fully saturated rings. The van der Waals surface area contributed by atoms with Gasteiger partial charge in [0.25, 0.3) is 0 Å². The Bertz CT molecular complexity index is 20.5. The van der Waals surface area contributed by atoms with Gasteiger partial charge in [-0.1, -0.05) is 0 Å². The molecule has 0 aromatic carbocycles. The third-order valence-electron chi connectivity index (χ3n) is 0. The van der Waals surface area contributed by atoms with Crippen molar-refractivity contribution in [2.24, 2.45) is 0 Å². The molecule has 0 atom stereocenters. The molecule has 5 heteroatoms. The maximum atomic E-state index is 0. The molecular weight excluding hydrogens is 253 g/mol. The molecule has 0 spiro atoms. The monoisotopic (exact) mass is 260 g/mol. The van der Waals surface area contributed by atoms with Crippen molar-refractivity contribution in [1.82, 2.24) is 0 Å². The van der Waals surface area contributed by atoms with Gasteiger partial charge in [0.05, 0.1) is 0 Å². The van der Waals surface area contributed by atoms with Crippen LogP contribution in [0, 0.1) is 0 Å². The third kappa shape index (κ3) is 17.9. The van der Waals surface area contributed by atoms with Crippen LogP contribution in [-0.2, 0) is 16.5 Å². The zero-order valence-corrected chi connectivity index (χ0v) is 10.5. The molecule has 0 aliphatic carbocycles. The standard InChI is InChI=1S/Al.Ba.Li.Na.Ni.7H/q;+2;2*+1;;;;;4*-1. The molecule has 0 aliphatic rings. The van der Waals surface area contributed by atoms with E-state index in [1.807, 2.05) is 0 Å². The van der Waals surface area contributed by atoms with Gasteiger partial charge in [-0.2, -0.15) is 0 Å². The summed E-state index contributed by atoms with van der Waals surface area (Å²) in [6.07, 6.45) is 0. The van der Waals surface area contributed by atoms with E-state index in [2.05, 4.69) is 0 Å². The minimum absolute atomic E-state index is 0. The molecule has 0 amide bonds. The van der Waals surface area contributed by atoms with Gasteiger partial charge >= 0.3 is 97.3 Å². The van der Waals surface area contributed by atoms with Gasteiger partial charge in [-0.15, -0.1) is 0 Å². The van der Waals surface area contributed by atoms with Gasteiger partial charge in [0, 0.05) is 16.5 Å². The second-order valence-corrected chi connectivity index (χ2v) is 0. The molecule has 0 saturated carbocycles. The van der Waals surface area contributed by atoms with E-state index < -0.39 is 0 Å². The average Bonchev–Trinajstić information content (AvgIpc) is 0. The van der Waals surface area contributed by atoms with Crippen molar-refractivity contribution in [3.05, 3.63) is 0 Å². The Morgan fingerprint density at radius 2 is 1.20 bits per heavy atom. The fourth-order valence-corrected chi connectivity index (χ4v) is 0. The van der Waals surface area contributed by atoms with Gasteiger partial charge in [0.2, 0.25) is 0 Å². The fraction of sp³-hybridized carbons (Fsp3) is 0. The molecule has 0 N–H and O–H groups in total. The van der Waals surface area contributed by atoms with Crippen molar-refractivity contribution in [3.63, 3.8) is 0 Å². The van der Waals surface area contributed by atoms with Crippen molar-refractivity contribution < 1.29 is 70.6 Å². The summed E-state index contributed by atoms with van der Waals surface area (Å²) in [4.78, 5) is 0. The van der Waals surface area contributed by atoms with Crippen LogP contribution in [0.4, 0.5) is 0 Å². The van der Waals surface area contributed by atoms with E-state index in [0.717, 1.165) is 0 Å². The van der Waals surface area contributed by atoms with E-state index in [-0.39, 0.29) is 137 Å². The zero-order valence-electron chi connectivity index (χ0n) is 7.02. The van der Waals surface area contributed by atoms with Crippen molar-refractivity contribution in [2.45, 2.75) is 0 Å². The second kappa shape index (κ2) is 24.1. The molecule has 24 valence electrons. The topological polar surface area (TPSA) is 0 Å². The van der Waals surface area contributed by atoms with Crippen LogP contribution in [0.3, 0.4) is 0 Å². The number of hydrogen-bond donors (Lipinski definition) is 0. The predicted molar refractivity (Wildman–Crippen MR) is 20.1 cm³/mol. The molecule has 0 aromatic rings. The van der Waals surface area contributed by atoms with Crippen LogP contribution in [0.25, 0.3) is 0 Å². The van der Waals surface area contributed by atoms with Crippen molar-refractivity contribution in [1.29, 1.82) is 0 Å². The Morgan fingerprint density at radius 1 is 1.20 bits per heavy atom. The zero-order chi connectivity index (χ0) is 0. The maximum Gasteiger partial charge on any atom is 2.00 e. The van der Waals surface area contributed by atoms with Crippen LogP contribution in [-0.4, -0.2) is 66.2 Å². The summed E-state index contributed by atoms with van der Waals surface area (Å²) in [6, 6.07) is 0. The van der Waals surface area contributed by atoms with E-state index in [1.54, 1.807) is 0 Å². The Labute approximate surface area is 134 Å². The van der Waals surface area contributed by atoms with Crippen molar-refractivity contribution >= 4 is 66.2 Å². The van der Waals surface area contributed by atoms with E-state index in [0.29, 0.717) is 0 Å². The van der Waals surface area contributed by atoms with Gasteiger partial charge in [-0.3, -0.25) is 0 Å². The van der Waals surface area contributed by atoms with Gasteiger partial charge in [-0.25, -0.2) is 0 Å². The molecule has 0 rings (SSSR count). The largest absolute Gasteiger partial charge is 2.00 e. The molecule has 0 radical (unpaired) electrons. The Hall–Kier alpha value is 4.19. The van der Waals surface area contributed by atoms with Crippen LogP contribution in [0.1, 0.15) is 5.71 Å². The summed E-state index contributed by atoms with van der Waals surface area (Å²) >= 11 is 0. The second-order valence-electron chi connectivity index (χ2n) is 0. The minimum atomic E-state index is 0. The molecule has 0 heterocycles. The van der Waals surface area contributed by atoms with Gasteiger partial charge in [-0.05, 0) is 0 Å². The van der Waals surface area contributed by atoms with E-state index in [9.17, 15) is 0 Å². The molecule has 0 bridgehead atoms. The third-order valence-corrected chi connectivity index (χ3v) is 0. The first-order valence-electron chi connectivity index (χ1n) is 0. The van der Waals surface area contributed by atoms with Crippen LogP contribution in [0.2, 0.25) is 0 Å². The summed E-state index contributed by atoms with van der Waals surface area (Å²) in [7, 11) is 0. The SMILES string of the molecule is [AlH3].[Ba+2].[H-].[H-].[H-].[H-].[Li+].[Na+].[Ni]. The molecule has 0 unspecified atom stereocenters. The van der Waals surface area contributed by atoms with E-state index >= 15 is 0 Å². The van der Waals surface area contributed by atoms with Crippen LogP contribution in [0.5, 0.6) is 0 Å². The van der Waals surface area contributed by atoms with E-state index in [4.69, 9.17) is 0 Å². The molecule has 0 aromatic heterocycles. The quantitative estimate of drug-likeness (QED) is 0.380. The van der Waals surface area contributed by atoms with Crippen LogP contribution in [0.15, 0.2) is 0 Å². The summed E-state index contributed by atoms with van der Waals surface area (Å²) in [5.74, 6) is 0. The van der Waals surface area contributed by atoms with Gasteiger partial charge in [0.1, 0.15) is 0 Å². The van der Waals surface area contributed by atoms with E-state index in [1.165, 1.54) is 0 Å². The van der Waals surface area contributed by atoms with Crippen molar-refractivity contribution in [3.8, 4) is 0 Å². The molecule has 0 nitrogen and oxygen atoms in total. The normalized spacial score (nSPS) is 0.